The zero-order chi connectivity index (χ0) is 16.3. The molecule has 0 atom stereocenters. The van der Waals surface area contributed by atoms with E-state index in [0.717, 1.165) is 9.87 Å². The van der Waals surface area contributed by atoms with Gasteiger partial charge >= 0.3 is 0 Å². The Morgan fingerprint density at radius 1 is 1.32 bits per heavy atom. The van der Waals surface area contributed by atoms with Crippen molar-refractivity contribution >= 4 is 21.9 Å². The van der Waals surface area contributed by atoms with Gasteiger partial charge < -0.3 is 0 Å². The molecule has 22 heavy (non-hydrogen) atoms. The molecule has 0 N–H and O–H groups in total. The van der Waals surface area contributed by atoms with Gasteiger partial charge in [-0.2, -0.15) is 5.10 Å². The molecule has 1 aromatic heterocycles. The third-order valence-corrected chi connectivity index (χ3v) is 4.86. The molecule has 0 bridgehead atoms. The molecule has 1 heterocycles. The lowest BCUT2D eigenvalue weighted by Crippen LogP contribution is -2.22. The summed E-state index contributed by atoms with van der Waals surface area (Å²) in [6, 6.07) is 5.99. The Morgan fingerprint density at radius 2 is 2.05 bits per heavy atom. The summed E-state index contributed by atoms with van der Waals surface area (Å²) < 4.78 is 26.9. The molecular formula is C15H17N3O3S. The number of hydrogen-bond acceptors (Lipinski definition) is 4. The maximum atomic E-state index is 12.2. The lowest BCUT2D eigenvalue weighted by atomic mass is 10.1. The van der Waals surface area contributed by atoms with Crippen LogP contribution in [0.2, 0.25) is 0 Å². The van der Waals surface area contributed by atoms with Gasteiger partial charge in [0, 0.05) is 38.5 Å². The monoisotopic (exact) mass is 319 g/mol. The fourth-order valence-electron chi connectivity index (χ4n) is 1.81. The van der Waals surface area contributed by atoms with Gasteiger partial charge in [-0.15, -0.1) is 0 Å². The van der Waals surface area contributed by atoms with E-state index in [4.69, 9.17) is 0 Å². The SMILES string of the molecule is CN(C)S(=O)(=O)c1cccc(C(=O)C=Cc2cnn(C)c2)c1. The van der Waals surface area contributed by atoms with Crippen molar-refractivity contribution in [2.24, 2.45) is 7.05 Å². The van der Waals surface area contributed by atoms with Gasteiger partial charge in [-0.05, 0) is 24.3 Å². The van der Waals surface area contributed by atoms with Gasteiger partial charge in [-0.3, -0.25) is 9.48 Å². The first-order valence-corrected chi connectivity index (χ1v) is 7.98. The number of aromatic nitrogens is 2. The van der Waals surface area contributed by atoms with Crippen molar-refractivity contribution in [3.8, 4) is 0 Å². The lowest BCUT2D eigenvalue weighted by Gasteiger charge is -2.11. The Kier molecular flexibility index (Phi) is 4.58. The molecule has 0 unspecified atom stereocenters. The Labute approximate surface area is 129 Å². The maximum absolute atomic E-state index is 12.2. The quantitative estimate of drug-likeness (QED) is 0.619. The minimum Gasteiger partial charge on any atom is -0.289 e. The van der Waals surface area contributed by atoms with E-state index in [2.05, 4.69) is 5.10 Å². The van der Waals surface area contributed by atoms with Crippen LogP contribution in [0.25, 0.3) is 6.08 Å². The highest BCUT2D eigenvalue weighted by atomic mass is 32.2. The fourth-order valence-corrected chi connectivity index (χ4v) is 2.76. The first kappa shape index (κ1) is 16.1. The molecular weight excluding hydrogens is 302 g/mol. The van der Waals surface area contributed by atoms with Crippen molar-refractivity contribution in [2.75, 3.05) is 14.1 Å². The van der Waals surface area contributed by atoms with Crippen molar-refractivity contribution in [3.05, 3.63) is 53.9 Å². The number of carbonyl (C=O) groups is 1. The highest BCUT2D eigenvalue weighted by Gasteiger charge is 2.18. The zero-order valence-electron chi connectivity index (χ0n) is 12.6. The molecule has 0 aliphatic heterocycles. The molecule has 0 saturated heterocycles. The van der Waals surface area contributed by atoms with Gasteiger partial charge in [-0.1, -0.05) is 12.1 Å². The normalized spacial score (nSPS) is 12.2. The van der Waals surface area contributed by atoms with Gasteiger partial charge in [-0.25, -0.2) is 12.7 Å². The summed E-state index contributed by atoms with van der Waals surface area (Å²) in [5.74, 6) is -0.264. The van der Waals surface area contributed by atoms with E-state index in [-0.39, 0.29) is 10.7 Å². The second kappa shape index (κ2) is 6.25. The van der Waals surface area contributed by atoms with Gasteiger partial charge in [0.25, 0.3) is 0 Å². The van der Waals surface area contributed by atoms with Crippen molar-refractivity contribution in [1.82, 2.24) is 14.1 Å². The number of carbonyl (C=O) groups excluding carboxylic acids is 1. The predicted molar refractivity (Wildman–Crippen MR) is 83.9 cm³/mol. The third-order valence-electron chi connectivity index (χ3n) is 3.05. The second-order valence-electron chi connectivity index (χ2n) is 4.96. The topological polar surface area (TPSA) is 72.3 Å². The number of benzene rings is 1. The highest BCUT2D eigenvalue weighted by molar-refractivity contribution is 7.89. The smallest absolute Gasteiger partial charge is 0.242 e. The van der Waals surface area contributed by atoms with E-state index in [9.17, 15) is 13.2 Å². The van der Waals surface area contributed by atoms with Gasteiger partial charge in [0.05, 0.1) is 11.1 Å². The van der Waals surface area contributed by atoms with Crippen molar-refractivity contribution in [3.63, 3.8) is 0 Å². The number of nitrogens with zero attached hydrogens (tertiary/aromatic N) is 3. The maximum Gasteiger partial charge on any atom is 0.242 e. The van der Waals surface area contributed by atoms with Crippen LogP contribution in [0.3, 0.4) is 0 Å². The number of hydrogen-bond donors (Lipinski definition) is 0. The minimum atomic E-state index is -3.55. The average molecular weight is 319 g/mol. The highest BCUT2D eigenvalue weighted by Crippen LogP contribution is 2.15. The van der Waals surface area contributed by atoms with E-state index in [0.29, 0.717) is 5.56 Å². The molecule has 0 saturated carbocycles. The van der Waals surface area contributed by atoms with Gasteiger partial charge in [0.15, 0.2) is 5.78 Å². The van der Waals surface area contributed by atoms with Crippen LogP contribution in [0.5, 0.6) is 0 Å². The second-order valence-corrected chi connectivity index (χ2v) is 7.11. The van der Waals surface area contributed by atoms with Crippen LogP contribution in [0.15, 0.2) is 47.6 Å². The summed E-state index contributed by atoms with van der Waals surface area (Å²) in [5, 5.41) is 4.00. The van der Waals surface area contributed by atoms with E-state index in [1.807, 2.05) is 0 Å². The van der Waals surface area contributed by atoms with Gasteiger partial charge in [0.1, 0.15) is 0 Å². The number of ketones is 1. The molecule has 0 aliphatic carbocycles. The molecule has 2 aromatic rings. The minimum absolute atomic E-state index is 0.0955. The Balaban J connectivity index is 2.26. The fraction of sp³-hybridized carbons (Fsp3) is 0.200. The van der Waals surface area contributed by atoms with E-state index < -0.39 is 10.0 Å². The lowest BCUT2D eigenvalue weighted by molar-refractivity contribution is 0.104. The first-order chi connectivity index (χ1) is 10.3. The van der Waals surface area contributed by atoms with E-state index in [1.165, 1.54) is 32.3 Å². The Morgan fingerprint density at radius 3 is 2.64 bits per heavy atom. The van der Waals surface area contributed by atoms with Crippen molar-refractivity contribution in [1.29, 1.82) is 0 Å². The van der Waals surface area contributed by atoms with Gasteiger partial charge in [0.2, 0.25) is 10.0 Å². The summed E-state index contributed by atoms with van der Waals surface area (Å²) in [6.07, 6.45) is 6.45. The molecule has 116 valence electrons. The molecule has 7 heteroatoms. The molecule has 0 spiro atoms. The average Bonchev–Trinajstić information content (AvgIpc) is 2.90. The number of allylic oxidation sites excluding steroid dienone is 1. The molecule has 1 aromatic carbocycles. The zero-order valence-corrected chi connectivity index (χ0v) is 13.4. The molecule has 2 rings (SSSR count). The standard InChI is InChI=1S/C15H17N3O3S/c1-17(2)22(20,21)14-6-4-5-13(9-14)15(19)8-7-12-10-16-18(3)11-12/h4-11H,1-3H3. The predicted octanol–water partition coefficient (Wildman–Crippen LogP) is 1.57. The number of aryl methyl sites for hydroxylation is 1. The molecule has 0 aliphatic rings. The van der Waals surface area contributed by atoms with Crippen LogP contribution in [0, 0.1) is 0 Å². The van der Waals surface area contributed by atoms with Crippen LogP contribution in [-0.4, -0.2) is 42.4 Å². The molecule has 0 amide bonds. The number of rotatable bonds is 5. The van der Waals surface area contributed by atoms with Crippen LogP contribution >= 0.6 is 0 Å². The van der Waals surface area contributed by atoms with E-state index >= 15 is 0 Å². The summed E-state index contributed by atoms with van der Waals surface area (Å²) in [7, 11) is 1.13. The van der Waals surface area contributed by atoms with Crippen LogP contribution in [-0.2, 0) is 17.1 Å². The first-order valence-electron chi connectivity index (χ1n) is 6.54. The Hall–Kier alpha value is -2.25. The summed E-state index contributed by atoms with van der Waals surface area (Å²) in [6.45, 7) is 0. The van der Waals surface area contributed by atoms with E-state index in [1.54, 1.807) is 42.3 Å². The largest absolute Gasteiger partial charge is 0.289 e. The van der Waals surface area contributed by atoms with Crippen LogP contribution in [0.1, 0.15) is 15.9 Å². The summed E-state index contributed by atoms with van der Waals surface area (Å²) >= 11 is 0. The molecule has 6 nitrogen and oxygen atoms in total. The third kappa shape index (κ3) is 3.49. The van der Waals surface area contributed by atoms with Crippen molar-refractivity contribution in [2.45, 2.75) is 4.90 Å². The Bertz CT molecular complexity index is 820. The van der Waals surface area contributed by atoms with Crippen LogP contribution < -0.4 is 0 Å². The molecule has 0 fully saturated rings. The summed E-state index contributed by atoms with van der Waals surface area (Å²) in [4.78, 5) is 12.2. The number of sulfonamides is 1. The summed E-state index contributed by atoms with van der Waals surface area (Å²) in [5.41, 5.74) is 1.12. The van der Waals surface area contributed by atoms with Crippen molar-refractivity contribution < 1.29 is 13.2 Å². The van der Waals surface area contributed by atoms with Crippen LogP contribution in [0.4, 0.5) is 0 Å². The molecule has 0 radical (unpaired) electrons.